The number of hydrogen-bond donors (Lipinski definition) is 3. The van der Waals surface area contributed by atoms with Crippen molar-refractivity contribution in [2.24, 2.45) is 0 Å². The van der Waals surface area contributed by atoms with Crippen molar-refractivity contribution in [3.8, 4) is 0 Å². The first kappa shape index (κ1) is 13.8. The molecule has 1 aliphatic carbocycles. The third-order valence-corrected chi connectivity index (χ3v) is 3.87. The van der Waals surface area contributed by atoms with Crippen LogP contribution in [0.25, 0.3) is 0 Å². The quantitative estimate of drug-likeness (QED) is 0.796. The summed E-state index contributed by atoms with van der Waals surface area (Å²) in [7, 11) is 0. The SMILES string of the molecule is O=C1C=C(Nc2ccc(C3CCC(=O)NN3)cc2)CCC1. The predicted octanol–water partition coefficient (Wildman–Crippen LogP) is 2.19. The molecule has 3 N–H and O–H groups in total. The lowest BCUT2D eigenvalue weighted by atomic mass is 10.0. The Morgan fingerprint density at radius 1 is 1.05 bits per heavy atom. The van der Waals surface area contributed by atoms with Crippen molar-refractivity contribution in [3.05, 3.63) is 41.6 Å². The molecule has 1 fully saturated rings. The first-order chi connectivity index (χ1) is 10.2. The molecule has 1 heterocycles. The molecule has 1 aromatic rings. The van der Waals surface area contributed by atoms with E-state index in [9.17, 15) is 9.59 Å². The van der Waals surface area contributed by atoms with Crippen LogP contribution in [0.4, 0.5) is 5.69 Å². The molecule has 1 unspecified atom stereocenters. The van der Waals surface area contributed by atoms with Crippen LogP contribution >= 0.6 is 0 Å². The Balaban J connectivity index is 1.64. The number of hydrogen-bond acceptors (Lipinski definition) is 4. The number of benzene rings is 1. The lowest BCUT2D eigenvalue weighted by molar-refractivity contribution is -0.124. The fourth-order valence-electron chi connectivity index (χ4n) is 2.70. The van der Waals surface area contributed by atoms with E-state index in [-0.39, 0.29) is 17.7 Å². The Labute approximate surface area is 123 Å². The van der Waals surface area contributed by atoms with Crippen LogP contribution < -0.4 is 16.2 Å². The number of carbonyl (C=O) groups excluding carboxylic acids is 2. The summed E-state index contributed by atoms with van der Waals surface area (Å²) in [5.74, 6) is 0.237. The van der Waals surface area contributed by atoms with Gasteiger partial charge in [0, 0.05) is 30.3 Å². The van der Waals surface area contributed by atoms with Gasteiger partial charge in [0.2, 0.25) is 5.91 Å². The Morgan fingerprint density at radius 3 is 2.52 bits per heavy atom. The Bertz CT molecular complexity index is 568. The number of nitrogens with one attached hydrogen (secondary N) is 3. The Kier molecular flexibility index (Phi) is 4.01. The molecule has 0 saturated carbocycles. The second-order valence-electron chi connectivity index (χ2n) is 5.52. The lowest BCUT2D eigenvalue weighted by Crippen LogP contribution is -2.44. The molecule has 2 aliphatic rings. The van der Waals surface area contributed by atoms with Gasteiger partial charge in [-0.05, 0) is 37.0 Å². The summed E-state index contributed by atoms with van der Waals surface area (Å²) in [5, 5.41) is 3.30. The van der Waals surface area contributed by atoms with Crippen LogP contribution in [0.2, 0.25) is 0 Å². The third kappa shape index (κ3) is 3.49. The second kappa shape index (κ2) is 6.10. The van der Waals surface area contributed by atoms with Gasteiger partial charge in [-0.2, -0.15) is 0 Å². The molecular weight excluding hydrogens is 266 g/mol. The molecule has 0 bridgehead atoms. The molecule has 5 nitrogen and oxygen atoms in total. The maximum Gasteiger partial charge on any atom is 0.234 e. The Hall–Kier alpha value is -2.14. The molecule has 3 rings (SSSR count). The number of allylic oxidation sites excluding steroid dienone is 2. The average molecular weight is 285 g/mol. The molecule has 0 radical (unpaired) electrons. The molecule has 1 aliphatic heterocycles. The van der Waals surface area contributed by atoms with Gasteiger partial charge in [-0.3, -0.25) is 15.0 Å². The summed E-state index contributed by atoms with van der Waals surface area (Å²) in [6.45, 7) is 0. The maximum atomic E-state index is 11.4. The largest absolute Gasteiger partial charge is 0.359 e. The topological polar surface area (TPSA) is 70.2 Å². The highest BCUT2D eigenvalue weighted by Crippen LogP contribution is 2.23. The van der Waals surface area contributed by atoms with Gasteiger partial charge in [0.1, 0.15) is 0 Å². The number of ketones is 1. The molecule has 0 spiro atoms. The average Bonchev–Trinajstić information content (AvgIpc) is 2.49. The summed E-state index contributed by atoms with van der Waals surface area (Å²) < 4.78 is 0. The van der Waals surface area contributed by atoms with Crippen LogP contribution in [0.3, 0.4) is 0 Å². The van der Waals surface area contributed by atoms with Crippen LogP contribution in [0.1, 0.15) is 43.7 Å². The molecule has 110 valence electrons. The zero-order chi connectivity index (χ0) is 14.7. The minimum atomic E-state index is 0.0402. The zero-order valence-electron chi connectivity index (χ0n) is 11.8. The van der Waals surface area contributed by atoms with Crippen molar-refractivity contribution in [1.82, 2.24) is 10.9 Å². The number of hydrazine groups is 1. The number of anilines is 1. The van der Waals surface area contributed by atoms with Gasteiger partial charge < -0.3 is 5.32 Å². The van der Waals surface area contributed by atoms with E-state index in [0.29, 0.717) is 12.8 Å². The van der Waals surface area contributed by atoms with Gasteiger partial charge in [0.05, 0.1) is 6.04 Å². The lowest BCUT2D eigenvalue weighted by Gasteiger charge is -2.24. The fraction of sp³-hybridized carbons (Fsp3) is 0.375. The highest BCUT2D eigenvalue weighted by molar-refractivity contribution is 5.91. The van der Waals surface area contributed by atoms with E-state index in [0.717, 1.165) is 36.2 Å². The molecule has 1 aromatic carbocycles. The molecule has 1 amide bonds. The first-order valence-corrected chi connectivity index (χ1v) is 7.35. The summed E-state index contributed by atoms with van der Waals surface area (Å²) in [4.78, 5) is 22.5. The van der Waals surface area contributed by atoms with Gasteiger partial charge in [0.25, 0.3) is 0 Å². The van der Waals surface area contributed by atoms with E-state index >= 15 is 0 Å². The number of carbonyl (C=O) groups is 2. The van der Waals surface area contributed by atoms with Gasteiger partial charge in [-0.25, -0.2) is 5.43 Å². The monoisotopic (exact) mass is 285 g/mol. The zero-order valence-corrected chi connectivity index (χ0v) is 11.8. The van der Waals surface area contributed by atoms with E-state index in [1.807, 2.05) is 24.3 Å². The first-order valence-electron chi connectivity index (χ1n) is 7.35. The minimum absolute atomic E-state index is 0.0402. The molecule has 1 saturated heterocycles. The molecule has 21 heavy (non-hydrogen) atoms. The van der Waals surface area contributed by atoms with Crippen LogP contribution in [-0.4, -0.2) is 11.7 Å². The number of rotatable bonds is 3. The van der Waals surface area contributed by atoms with Crippen molar-refractivity contribution in [2.75, 3.05) is 5.32 Å². The summed E-state index contributed by atoms with van der Waals surface area (Å²) in [6, 6.07) is 8.26. The van der Waals surface area contributed by atoms with Gasteiger partial charge >= 0.3 is 0 Å². The van der Waals surface area contributed by atoms with Crippen LogP contribution in [0.5, 0.6) is 0 Å². The van der Waals surface area contributed by atoms with Gasteiger partial charge in [-0.1, -0.05) is 12.1 Å². The van der Waals surface area contributed by atoms with E-state index in [4.69, 9.17) is 0 Å². The number of amides is 1. The minimum Gasteiger partial charge on any atom is -0.359 e. The highest BCUT2D eigenvalue weighted by atomic mass is 16.2. The maximum absolute atomic E-state index is 11.4. The summed E-state index contributed by atoms with van der Waals surface area (Å²) >= 11 is 0. The predicted molar refractivity (Wildman–Crippen MR) is 80.3 cm³/mol. The van der Waals surface area contributed by atoms with Gasteiger partial charge in [-0.15, -0.1) is 0 Å². The Morgan fingerprint density at radius 2 is 1.86 bits per heavy atom. The molecule has 0 aromatic heterocycles. The van der Waals surface area contributed by atoms with Crippen molar-refractivity contribution >= 4 is 17.4 Å². The van der Waals surface area contributed by atoms with E-state index in [1.165, 1.54) is 0 Å². The van der Waals surface area contributed by atoms with Crippen molar-refractivity contribution < 1.29 is 9.59 Å². The molecular formula is C16H19N3O2. The van der Waals surface area contributed by atoms with Crippen LogP contribution in [-0.2, 0) is 9.59 Å². The van der Waals surface area contributed by atoms with Crippen molar-refractivity contribution in [1.29, 1.82) is 0 Å². The summed E-state index contributed by atoms with van der Waals surface area (Å²) in [5.41, 5.74) is 8.80. The summed E-state index contributed by atoms with van der Waals surface area (Å²) in [6.07, 6.45) is 5.55. The standard InChI is InChI=1S/C16H19N3O2/c20-14-3-1-2-13(10-14)17-12-6-4-11(5-7-12)15-8-9-16(21)19-18-15/h4-7,10,15,17-18H,1-3,8-9H2,(H,19,21). The van der Waals surface area contributed by atoms with Crippen LogP contribution in [0, 0.1) is 0 Å². The third-order valence-electron chi connectivity index (χ3n) is 3.87. The fourth-order valence-corrected chi connectivity index (χ4v) is 2.70. The molecule has 1 atom stereocenters. The van der Waals surface area contributed by atoms with E-state index < -0.39 is 0 Å². The van der Waals surface area contributed by atoms with Crippen molar-refractivity contribution in [3.63, 3.8) is 0 Å². The highest BCUT2D eigenvalue weighted by Gasteiger charge is 2.18. The smallest absolute Gasteiger partial charge is 0.234 e. The van der Waals surface area contributed by atoms with Gasteiger partial charge in [0.15, 0.2) is 5.78 Å². The van der Waals surface area contributed by atoms with Crippen molar-refractivity contribution in [2.45, 2.75) is 38.1 Å². The molecule has 5 heteroatoms. The van der Waals surface area contributed by atoms with E-state index in [2.05, 4.69) is 16.2 Å². The second-order valence-corrected chi connectivity index (χ2v) is 5.52. The normalized spacial score (nSPS) is 22.5. The van der Waals surface area contributed by atoms with E-state index in [1.54, 1.807) is 6.08 Å². The van der Waals surface area contributed by atoms with Crippen LogP contribution in [0.15, 0.2) is 36.0 Å².